The minimum atomic E-state index is -0.745. The third kappa shape index (κ3) is 3.56. The molecule has 0 saturated heterocycles. The van der Waals surface area contributed by atoms with Gasteiger partial charge in [0, 0.05) is 11.4 Å². The number of carboxylic acids is 1. The van der Waals surface area contributed by atoms with Gasteiger partial charge in [-0.25, -0.2) is 0 Å². The SMILES string of the molecule is Cc1cc(C)c(CCCC(=O)O)cc1Cl. The average molecular weight is 227 g/mol. The highest BCUT2D eigenvalue weighted by atomic mass is 35.5. The topological polar surface area (TPSA) is 37.3 Å². The summed E-state index contributed by atoms with van der Waals surface area (Å²) in [7, 11) is 0. The first-order valence-electron chi connectivity index (χ1n) is 4.98. The zero-order chi connectivity index (χ0) is 11.4. The fourth-order valence-corrected chi connectivity index (χ4v) is 1.75. The third-order valence-corrected chi connectivity index (χ3v) is 2.86. The number of benzene rings is 1. The number of hydrogen-bond acceptors (Lipinski definition) is 1. The van der Waals surface area contributed by atoms with Crippen LogP contribution in [0.5, 0.6) is 0 Å². The summed E-state index contributed by atoms with van der Waals surface area (Å²) in [5.74, 6) is -0.745. The van der Waals surface area contributed by atoms with Crippen molar-refractivity contribution in [2.24, 2.45) is 0 Å². The van der Waals surface area contributed by atoms with E-state index in [1.807, 2.05) is 26.0 Å². The van der Waals surface area contributed by atoms with E-state index in [2.05, 4.69) is 0 Å². The average Bonchev–Trinajstić information content (AvgIpc) is 2.13. The molecular formula is C12H15ClO2. The molecule has 0 bridgehead atoms. The molecule has 1 N–H and O–H groups in total. The Morgan fingerprint density at radius 1 is 1.33 bits per heavy atom. The zero-order valence-electron chi connectivity index (χ0n) is 9.01. The van der Waals surface area contributed by atoms with Crippen molar-refractivity contribution in [1.29, 1.82) is 0 Å². The molecule has 1 aromatic carbocycles. The molecule has 0 atom stereocenters. The van der Waals surface area contributed by atoms with Crippen LogP contribution in [0.1, 0.15) is 29.5 Å². The lowest BCUT2D eigenvalue weighted by Gasteiger charge is -2.07. The number of hydrogen-bond donors (Lipinski definition) is 1. The van der Waals surface area contributed by atoms with Crippen LogP contribution in [0.4, 0.5) is 0 Å². The molecule has 0 aromatic heterocycles. The van der Waals surface area contributed by atoms with Crippen LogP contribution in [0, 0.1) is 13.8 Å². The maximum absolute atomic E-state index is 10.4. The second-order valence-corrected chi connectivity index (χ2v) is 4.18. The van der Waals surface area contributed by atoms with Crippen molar-refractivity contribution in [2.75, 3.05) is 0 Å². The Morgan fingerprint density at radius 3 is 2.60 bits per heavy atom. The fraction of sp³-hybridized carbons (Fsp3) is 0.417. The number of rotatable bonds is 4. The lowest BCUT2D eigenvalue weighted by molar-refractivity contribution is -0.137. The maximum atomic E-state index is 10.4. The van der Waals surface area contributed by atoms with Gasteiger partial charge in [0.15, 0.2) is 0 Å². The highest BCUT2D eigenvalue weighted by molar-refractivity contribution is 6.31. The van der Waals surface area contributed by atoms with Gasteiger partial charge in [0.2, 0.25) is 0 Å². The second-order valence-electron chi connectivity index (χ2n) is 3.78. The van der Waals surface area contributed by atoms with Crippen molar-refractivity contribution in [1.82, 2.24) is 0 Å². The number of aliphatic carboxylic acids is 1. The van der Waals surface area contributed by atoms with Gasteiger partial charge in [-0.05, 0) is 49.4 Å². The molecule has 0 radical (unpaired) electrons. The van der Waals surface area contributed by atoms with Crippen LogP contribution in [0.2, 0.25) is 5.02 Å². The molecule has 1 rings (SSSR count). The van der Waals surface area contributed by atoms with Crippen LogP contribution in [-0.4, -0.2) is 11.1 Å². The molecule has 0 fully saturated rings. The molecule has 0 saturated carbocycles. The van der Waals surface area contributed by atoms with Gasteiger partial charge in [-0.1, -0.05) is 17.7 Å². The minimum Gasteiger partial charge on any atom is -0.481 e. The van der Waals surface area contributed by atoms with E-state index in [1.165, 1.54) is 5.56 Å². The molecule has 3 heteroatoms. The normalized spacial score (nSPS) is 10.3. The van der Waals surface area contributed by atoms with Crippen LogP contribution in [0.25, 0.3) is 0 Å². The van der Waals surface area contributed by atoms with E-state index in [0.29, 0.717) is 6.42 Å². The number of carbonyl (C=O) groups is 1. The van der Waals surface area contributed by atoms with Gasteiger partial charge in [0.1, 0.15) is 0 Å². The maximum Gasteiger partial charge on any atom is 0.303 e. The van der Waals surface area contributed by atoms with E-state index in [0.717, 1.165) is 22.6 Å². The molecule has 0 spiro atoms. The summed E-state index contributed by atoms with van der Waals surface area (Å²) < 4.78 is 0. The van der Waals surface area contributed by atoms with E-state index in [9.17, 15) is 4.79 Å². The Morgan fingerprint density at radius 2 is 2.00 bits per heavy atom. The monoisotopic (exact) mass is 226 g/mol. The van der Waals surface area contributed by atoms with Gasteiger partial charge in [-0.2, -0.15) is 0 Å². The van der Waals surface area contributed by atoms with Crippen molar-refractivity contribution < 1.29 is 9.90 Å². The molecule has 15 heavy (non-hydrogen) atoms. The summed E-state index contributed by atoms with van der Waals surface area (Å²) in [5, 5.41) is 9.29. The van der Waals surface area contributed by atoms with Crippen LogP contribution < -0.4 is 0 Å². The predicted octanol–water partition coefficient (Wildman–Crippen LogP) is 3.36. The van der Waals surface area contributed by atoms with Crippen LogP contribution in [0.15, 0.2) is 12.1 Å². The molecule has 82 valence electrons. The van der Waals surface area contributed by atoms with Gasteiger partial charge in [-0.3, -0.25) is 4.79 Å². The summed E-state index contributed by atoms with van der Waals surface area (Å²) in [6, 6.07) is 3.98. The summed E-state index contributed by atoms with van der Waals surface area (Å²) in [4.78, 5) is 10.4. The summed E-state index contributed by atoms with van der Waals surface area (Å²) in [5.41, 5.74) is 3.39. The molecule has 2 nitrogen and oxygen atoms in total. The van der Waals surface area contributed by atoms with E-state index in [4.69, 9.17) is 16.7 Å². The smallest absolute Gasteiger partial charge is 0.303 e. The number of aryl methyl sites for hydroxylation is 3. The van der Waals surface area contributed by atoms with Crippen LogP contribution >= 0.6 is 11.6 Å². The number of halogens is 1. The summed E-state index contributed by atoms with van der Waals surface area (Å²) >= 11 is 6.01. The summed E-state index contributed by atoms with van der Waals surface area (Å²) in [6.07, 6.45) is 1.65. The highest BCUT2D eigenvalue weighted by Gasteiger charge is 2.04. The van der Waals surface area contributed by atoms with Gasteiger partial charge < -0.3 is 5.11 Å². The lowest BCUT2D eigenvalue weighted by atomic mass is 10.0. The third-order valence-electron chi connectivity index (χ3n) is 2.45. The predicted molar refractivity (Wildman–Crippen MR) is 61.5 cm³/mol. The quantitative estimate of drug-likeness (QED) is 0.855. The fourth-order valence-electron chi connectivity index (χ4n) is 1.57. The van der Waals surface area contributed by atoms with Crippen LogP contribution in [0.3, 0.4) is 0 Å². The second kappa shape index (κ2) is 5.17. The number of carboxylic acid groups (broad SMARTS) is 1. The zero-order valence-corrected chi connectivity index (χ0v) is 9.77. The van der Waals surface area contributed by atoms with Crippen molar-refractivity contribution >= 4 is 17.6 Å². The van der Waals surface area contributed by atoms with Gasteiger partial charge >= 0.3 is 5.97 Å². The molecule has 1 aromatic rings. The Balaban J connectivity index is 2.69. The lowest BCUT2D eigenvalue weighted by Crippen LogP contribution is -1.97. The molecule has 0 amide bonds. The van der Waals surface area contributed by atoms with E-state index < -0.39 is 5.97 Å². The standard InChI is InChI=1S/C12H15ClO2/c1-8-6-9(2)11(13)7-10(8)4-3-5-12(14)15/h6-7H,3-5H2,1-2H3,(H,14,15). The minimum absolute atomic E-state index is 0.213. The molecule has 0 aliphatic rings. The Labute approximate surface area is 94.9 Å². The molecule has 0 aliphatic carbocycles. The van der Waals surface area contributed by atoms with E-state index in [1.54, 1.807) is 0 Å². The molecule has 0 unspecified atom stereocenters. The van der Waals surface area contributed by atoms with Crippen molar-refractivity contribution in [3.63, 3.8) is 0 Å². The Hall–Kier alpha value is -1.02. The van der Waals surface area contributed by atoms with Gasteiger partial charge in [0.25, 0.3) is 0 Å². The first-order chi connectivity index (χ1) is 7.00. The largest absolute Gasteiger partial charge is 0.481 e. The van der Waals surface area contributed by atoms with Crippen molar-refractivity contribution in [2.45, 2.75) is 33.1 Å². The van der Waals surface area contributed by atoms with Crippen LogP contribution in [-0.2, 0) is 11.2 Å². The Bertz CT molecular complexity index is 372. The first-order valence-corrected chi connectivity index (χ1v) is 5.36. The van der Waals surface area contributed by atoms with Crippen molar-refractivity contribution in [3.05, 3.63) is 33.8 Å². The van der Waals surface area contributed by atoms with Crippen molar-refractivity contribution in [3.8, 4) is 0 Å². The van der Waals surface area contributed by atoms with Gasteiger partial charge in [0.05, 0.1) is 0 Å². The van der Waals surface area contributed by atoms with E-state index >= 15 is 0 Å². The Kier molecular flexibility index (Phi) is 4.15. The summed E-state index contributed by atoms with van der Waals surface area (Å²) in [6.45, 7) is 4.00. The highest BCUT2D eigenvalue weighted by Crippen LogP contribution is 2.21. The molecule has 0 heterocycles. The van der Waals surface area contributed by atoms with Gasteiger partial charge in [-0.15, -0.1) is 0 Å². The first kappa shape index (κ1) is 12.1. The van der Waals surface area contributed by atoms with E-state index in [-0.39, 0.29) is 6.42 Å². The molecular weight excluding hydrogens is 212 g/mol. The molecule has 0 aliphatic heterocycles.